The second-order valence-electron chi connectivity index (χ2n) is 6.47. The number of carbonyl (C=O) groups is 1. The molecule has 0 aliphatic carbocycles. The first kappa shape index (κ1) is 20.1. The van der Waals surface area contributed by atoms with E-state index in [1.807, 2.05) is 0 Å². The number of pyridine rings is 1. The van der Waals surface area contributed by atoms with Gasteiger partial charge in [0.2, 0.25) is 0 Å². The van der Waals surface area contributed by atoms with Crippen LogP contribution in [0.2, 0.25) is 0 Å². The van der Waals surface area contributed by atoms with Gasteiger partial charge in [-0.1, -0.05) is 6.07 Å². The van der Waals surface area contributed by atoms with Crippen LogP contribution in [0.4, 0.5) is 17.6 Å². The molecule has 9 heteroatoms. The SMILES string of the molecule is COc1ccc(CN2CCN(C(=O)c3ccc(C(F)(F)F)nc3)CC2)cc1F. The molecule has 2 aromatic rings. The lowest BCUT2D eigenvalue weighted by Gasteiger charge is -2.34. The molecule has 1 fully saturated rings. The van der Waals surface area contributed by atoms with Crippen molar-refractivity contribution in [2.75, 3.05) is 33.3 Å². The summed E-state index contributed by atoms with van der Waals surface area (Å²) < 4.78 is 56.4. The molecule has 5 nitrogen and oxygen atoms in total. The highest BCUT2D eigenvalue weighted by Crippen LogP contribution is 2.27. The molecule has 2 heterocycles. The number of carbonyl (C=O) groups excluding carboxylic acids is 1. The van der Waals surface area contributed by atoms with Crippen molar-refractivity contribution in [3.05, 3.63) is 59.2 Å². The minimum Gasteiger partial charge on any atom is -0.494 e. The Kier molecular flexibility index (Phi) is 5.83. The Balaban J connectivity index is 1.56. The number of hydrogen-bond donors (Lipinski definition) is 0. The van der Waals surface area contributed by atoms with E-state index in [9.17, 15) is 22.4 Å². The monoisotopic (exact) mass is 397 g/mol. The van der Waals surface area contributed by atoms with Crippen LogP contribution >= 0.6 is 0 Å². The highest BCUT2D eigenvalue weighted by atomic mass is 19.4. The number of hydrogen-bond acceptors (Lipinski definition) is 4. The number of alkyl halides is 3. The van der Waals surface area contributed by atoms with Gasteiger partial charge in [0.25, 0.3) is 5.91 Å². The largest absolute Gasteiger partial charge is 0.494 e. The molecular weight excluding hydrogens is 378 g/mol. The number of rotatable bonds is 4. The van der Waals surface area contributed by atoms with E-state index in [2.05, 4.69) is 9.88 Å². The van der Waals surface area contributed by atoms with Crippen molar-refractivity contribution in [1.82, 2.24) is 14.8 Å². The lowest BCUT2D eigenvalue weighted by molar-refractivity contribution is -0.141. The normalized spacial score (nSPS) is 15.5. The zero-order valence-corrected chi connectivity index (χ0v) is 15.2. The van der Waals surface area contributed by atoms with E-state index in [-0.39, 0.29) is 17.2 Å². The van der Waals surface area contributed by atoms with Gasteiger partial charge in [0, 0.05) is 38.9 Å². The summed E-state index contributed by atoms with van der Waals surface area (Å²) in [6.45, 7) is 2.54. The van der Waals surface area contributed by atoms with Crippen molar-refractivity contribution in [3.63, 3.8) is 0 Å². The molecule has 1 aliphatic rings. The Hall–Kier alpha value is -2.68. The van der Waals surface area contributed by atoms with E-state index < -0.39 is 17.7 Å². The number of aromatic nitrogens is 1. The zero-order valence-electron chi connectivity index (χ0n) is 15.2. The van der Waals surface area contributed by atoms with Gasteiger partial charge >= 0.3 is 6.18 Å². The average Bonchev–Trinajstić information content (AvgIpc) is 2.68. The summed E-state index contributed by atoms with van der Waals surface area (Å²) in [5.74, 6) is -0.593. The van der Waals surface area contributed by atoms with Gasteiger partial charge in [-0.2, -0.15) is 13.2 Å². The van der Waals surface area contributed by atoms with E-state index in [1.54, 1.807) is 17.0 Å². The minimum atomic E-state index is -4.53. The maximum absolute atomic E-state index is 13.8. The van der Waals surface area contributed by atoms with Gasteiger partial charge in [0.15, 0.2) is 11.6 Å². The van der Waals surface area contributed by atoms with Crippen LogP contribution in [0.25, 0.3) is 0 Å². The first-order valence-corrected chi connectivity index (χ1v) is 8.65. The van der Waals surface area contributed by atoms with Crippen LogP contribution in [0.3, 0.4) is 0 Å². The van der Waals surface area contributed by atoms with Crippen LogP contribution in [-0.2, 0) is 12.7 Å². The van der Waals surface area contributed by atoms with Gasteiger partial charge in [0.05, 0.1) is 12.7 Å². The molecule has 150 valence electrons. The maximum atomic E-state index is 13.8. The summed E-state index contributed by atoms with van der Waals surface area (Å²) in [4.78, 5) is 19.5. The van der Waals surface area contributed by atoms with E-state index in [0.717, 1.165) is 23.9 Å². The molecule has 1 aromatic heterocycles. The molecule has 0 bridgehead atoms. The van der Waals surface area contributed by atoms with Crippen molar-refractivity contribution in [3.8, 4) is 5.75 Å². The highest BCUT2D eigenvalue weighted by molar-refractivity contribution is 5.94. The summed E-state index contributed by atoms with van der Waals surface area (Å²) in [5, 5.41) is 0. The lowest BCUT2D eigenvalue weighted by atomic mass is 10.1. The third-order valence-corrected chi connectivity index (χ3v) is 4.58. The van der Waals surface area contributed by atoms with E-state index in [4.69, 9.17) is 4.74 Å². The van der Waals surface area contributed by atoms with E-state index in [0.29, 0.717) is 32.7 Å². The average molecular weight is 397 g/mol. The third kappa shape index (κ3) is 4.59. The molecule has 1 aliphatic heterocycles. The summed E-state index contributed by atoms with van der Waals surface area (Å²) >= 11 is 0. The first-order chi connectivity index (χ1) is 13.3. The van der Waals surface area contributed by atoms with Crippen molar-refractivity contribution in [2.45, 2.75) is 12.7 Å². The van der Waals surface area contributed by atoms with Gasteiger partial charge in [-0.3, -0.25) is 14.7 Å². The fourth-order valence-electron chi connectivity index (χ4n) is 3.05. The molecular formula is C19H19F4N3O2. The standard InChI is InChI=1S/C19H19F4N3O2/c1-28-16-4-2-13(10-15(16)20)12-25-6-8-26(9-7-25)18(27)14-3-5-17(24-11-14)19(21,22)23/h2-5,10-11H,6-9,12H2,1H3. The van der Waals surface area contributed by atoms with Gasteiger partial charge in [-0.25, -0.2) is 4.39 Å². The number of piperazine rings is 1. The van der Waals surface area contributed by atoms with Crippen molar-refractivity contribution < 1.29 is 27.1 Å². The zero-order chi connectivity index (χ0) is 20.3. The molecule has 28 heavy (non-hydrogen) atoms. The Bertz CT molecular complexity index is 832. The molecule has 1 amide bonds. The van der Waals surface area contributed by atoms with E-state index >= 15 is 0 Å². The molecule has 0 unspecified atom stereocenters. The number of halogens is 4. The molecule has 0 radical (unpaired) electrons. The Morgan fingerprint density at radius 1 is 1.14 bits per heavy atom. The van der Waals surface area contributed by atoms with Gasteiger partial charge in [-0.05, 0) is 29.8 Å². The first-order valence-electron chi connectivity index (χ1n) is 8.65. The lowest BCUT2D eigenvalue weighted by Crippen LogP contribution is -2.48. The predicted octanol–water partition coefficient (Wildman–Crippen LogP) is 3.21. The second kappa shape index (κ2) is 8.14. The summed E-state index contributed by atoms with van der Waals surface area (Å²) in [5.41, 5.74) is -0.107. The van der Waals surface area contributed by atoms with Crippen LogP contribution in [0.5, 0.6) is 5.75 Å². The third-order valence-electron chi connectivity index (χ3n) is 4.58. The van der Waals surface area contributed by atoms with Crippen LogP contribution < -0.4 is 4.74 Å². The van der Waals surface area contributed by atoms with Crippen molar-refractivity contribution in [1.29, 1.82) is 0 Å². The summed E-state index contributed by atoms with van der Waals surface area (Å²) in [7, 11) is 1.40. The van der Waals surface area contributed by atoms with Crippen LogP contribution in [0, 0.1) is 5.82 Å². The van der Waals surface area contributed by atoms with Crippen LogP contribution in [0.1, 0.15) is 21.6 Å². The van der Waals surface area contributed by atoms with E-state index in [1.165, 1.54) is 13.2 Å². The number of methoxy groups -OCH3 is 1. The number of nitrogens with zero attached hydrogens (tertiary/aromatic N) is 3. The smallest absolute Gasteiger partial charge is 0.433 e. The van der Waals surface area contributed by atoms with Gasteiger partial charge in [0.1, 0.15) is 5.69 Å². The van der Waals surface area contributed by atoms with Crippen LogP contribution in [-0.4, -0.2) is 54.0 Å². The molecule has 1 saturated heterocycles. The minimum absolute atomic E-state index is 0.124. The Labute approximate surface area is 159 Å². The maximum Gasteiger partial charge on any atom is 0.433 e. The molecule has 1 aromatic carbocycles. The second-order valence-corrected chi connectivity index (χ2v) is 6.47. The molecule has 0 saturated carbocycles. The fourth-order valence-corrected chi connectivity index (χ4v) is 3.05. The number of ether oxygens (including phenoxy) is 1. The number of amides is 1. The number of benzene rings is 1. The van der Waals surface area contributed by atoms with Gasteiger partial charge < -0.3 is 9.64 Å². The summed E-state index contributed by atoms with van der Waals surface area (Å²) in [6, 6.07) is 6.73. The highest BCUT2D eigenvalue weighted by Gasteiger charge is 2.32. The predicted molar refractivity (Wildman–Crippen MR) is 93.4 cm³/mol. The quantitative estimate of drug-likeness (QED) is 0.744. The van der Waals surface area contributed by atoms with Gasteiger partial charge in [-0.15, -0.1) is 0 Å². The van der Waals surface area contributed by atoms with Crippen LogP contribution in [0.15, 0.2) is 36.5 Å². The molecule has 0 N–H and O–H groups in total. The molecule has 0 atom stereocenters. The summed E-state index contributed by atoms with van der Waals surface area (Å²) in [6.07, 6.45) is -3.58. The van der Waals surface area contributed by atoms with Crippen molar-refractivity contribution in [2.24, 2.45) is 0 Å². The van der Waals surface area contributed by atoms with Crippen molar-refractivity contribution >= 4 is 5.91 Å². The fraction of sp³-hybridized carbons (Fsp3) is 0.368. The topological polar surface area (TPSA) is 45.7 Å². The Morgan fingerprint density at radius 3 is 2.39 bits per heavy atom. The Morgan fingerprint density at radius 2 is 1.86 bits per heavy atom. The molecule has 0 spiro atoms. The molecule has 3 rings (SSSR count).